The molecule has 0 amide bonds. The molecule has 0 N–H and O–H groups in total. The maximum absolute atomic E-state index is 12.4. The molecule has 2 rings (SSSR count). The molecule has 0 spiro atoms. The first-order valence-corrected chi connectivity index (χ1v) is 8.14. The Balaban J connectivity index is 2.11. The predicted molar refractivity (Wildman–Crippen MR) is 75.2 cm³/mol. The molecule has 6 heteroatoms. The lowest BCUT2D eigenvalue weighted by atomic mass is 10.0. The molecule has 0 unspecified atom stereocenters. The summed E-state index contributed by atoms with van der Waals surface area (Å²) in [5.41, 5.74) is 0. The smallest absolute Gasteiger partial charge is 0.243 e. The molecular weight excluding hydrogens is 278 g/mol. The van der Waals surface area contributed by atoms with Crippen LogP contribution in [0.25, 0.3) is 0 Å². The Morgan fingerprint density at radius 2 is 1.85 bits per heavy atom. The summed E-state index contributed by atoms with van der Waals surface area (Å²) in [5.74, 6) is 1.07. The molecule has 0 atom stereocenters. The van der Waals surface area contributed by atoms with Gasteiger partial charge < -0.3 is 4.74 Å². The third-order valence-electron chi connectivity index (χ3n) is 3.52. The number of rotatable bonds is 5. The van der Waals surface area contributed by atoms with Crippen LogP contribution < -0.4 is 4.74 Å². The van der Waals surface area contributed by atoms with Crippen molar-refractivity contribution in [3.63, 3.8) is 0 Å². The first-order valence-electron chi connectivity index (χ1n) is 6.70. The average Bonchev–Trinajstić information content (AvgIpc) is 2.46. The van der Waals surface area contributed by atoms with Crippen LogP contribution >= 0.6 is 0 Å². The van der Waals surface area contributed by atoms with Gasteiger partial charge in [-0.15, -0.1) is 0 Å². The third kappa shape index (κ3) is 3.37. The second-order valence-electron chi connectivity index (χ2n) is 5.04. The molecule has 5 nitrogen and oxygen atoms in total. The van der Waals surface area contributed by atoms with Crippen molar-refractivity contribution in [1.82, 2.24) is 4.31 Å². The Kier molecular flexibility index (Phi) is 4.77. The van der Waals surface area contributed by atoms with E-state index in [1.807, 2.05) is 0 Å². The van der Waals surface area contributed by atoms with Crippen LogP contribution in [-0.4, -0.2) is 38.7 Å². The van der Waals surface area contributed by atoms with E-state index in [1.165, 1.54) is 16.4 Å². The van der Waals surface area contributed by atoms with Crippen molar-refractivity contribution in [3.8, 4) is 5.75 Å². The number of aldehydes is 1. The maximum Gasteiger partial charge on any atom is 0.243 e. The number of hydrogen-bond donors (Lipinski definition) is 0. The number of ether oxygens (including phenoxy) is 1. The summed E-state index contributed by atoms with van der Waals surface area (Å²) in [6.07, 6.45) is 2.46. The van der Waals surface area contributed by atoms with Crippen LogP contribution in [0, 0.1) is 5.92 Å². The van der Waals surface area contributed by atoms with Crippen molar-refractivity contribution in [1.29, 1.82) is 0 Å². The van der Waals surface area contributed by atoms with E-state index >= 15 is 0 Å². The SMILES string of the molecule is CC1CCN(S(=O)(=O)c2ccc(OCC=O)cc2)CC1. The Morgan fingerprint density at radius 3 is 2.40 bits per heavy atom. The Bertz CT molecular complexity index is 545. The number of benzene rings is 1. The summed E-state index contributed by atoms with van der Waals surface area (Å²) < 4.78 is 31.5. The maximum atomic E-state index is 12.4. The van der Waals surface area contributed by atoms with E-state index in [4.69, 9.17) is 4.74 Å². The second kappa shape index (κ2) is 6.37. The predicted octanol–water partition coefficient (Wildman–Crippen LogP) is 1.68. The molecule has 1 aliphatic rings. The van der Waals surface area contributed by atoms with Crippen molar-refractivity contribution in [3.05, 3.63) is 24.3 Å². The lowest BCUT2D eigenvalue weighted by Crippen LogP contribution is -2.37. The fourth-order valence-corrected chi connectivity index (χ4v) is 3.68. The number of hydrogen-bond acceptors (Lipinski definition) is 4. The van der Waals surface area contributed by atoms with Crippen LogP contribution in [0.1, 0.15) is 19.8 Å². The minimum Gasteiger partial charge on any atom is -0.486 e. The van der Waals surface area contributed by atoms with Gasteiger partial charge in [0, 0.05) is 13.1 Å². The van der Waals surface area contributed by atoms with Gasteiger partial charge in [0.2, 0.25) is 10.0 Å². The van der Waals surface area contributed by atoms with Crippen molar-refractivity contribution < 1.29 is 17.9 Å². The van der Waals surface area contributed by atoms with Crippen LogP contribution in [0.15, 0.2) is 29.2 Å². The zero-order chi connectivity index (χ0) is 14.6. The van der Waals surface area contributed by atoms with E-state index in [0.717, 1.165) is 12.8 Å². The minimum absolute atomic E-state index is 0.0316. The highest BCUT2D eigenvalue weighted by atomic mass is 32.2. The molecule has 0 saturated carbocycles. The molecule has 1 aromatic carbocycles. The van der Waals surface area contributed by atoms with Crippen LogP contribution in [0.4, 0.5) is 0 Å². The first-order chi connectivity index (χ1) is 9.54. The molecule has 110 valence electrons. The molecular formula is C14H19NO4S. The van der Waals surface area contributed by atoms with Crippen molar-refractivity contribution in [2.45, 2.75) is 24.7 Å². The van der Waals surface area contributed by atoms with E-state index < -0.39 is 10.0 Å². The largest absolute Gasteiger partial charge is 0.486 e. The molecule has 1 aromatic rings. The molecule has 0 aromatic heterocycles. The number of nitrogens with zero attached hydrogens (tertiary/aromatic N) is 1. The van der Waals surface area contributed by atoms with Gasteiger partial charge in [-0.25, -0.2) is 8.42 Å². The fraction of sp³-hybridized carbons (Fsp3) is 0.500. The van der Waals surface area contributed by atoms with Crippen molar-refractivity contribution >= 4 is 16.3 Å². The van der Waals surface area contributed by atoms with E-state index in [0.29, 0.717) is 31.0 Å². The number of piperidine rings is 1. The Labute approximate surface area is 119 Å². The zero-order valence-corrected chi connectivity index (χ0v) is 12.3. The first kappa shape index (κ1) is 15.0. The zero-order valence-electron chi connectivity index (χ0n) is 11.5. The standard InChI is InChI=1S/C14H19NO4S/c1-12-6-8-15(9-7-12)20(17,18)14-4-2-13(3-5-14)19-11-10-16/h2-5,10,12H,6-9,11H2,1H3. The van der Waals surface area contributed by atoms with Gasteiger partial charge in [-0.3, -0.25) is 4.79 Å². The van der Waals surface area contributed by atoms with Gasteiger partial charge in [0.05, 0.1) is 4.90 Å². The van der Waals surface area contributed by atoms with Crippen LogP contribution in [0.3, 0.4) is 0 Å². The fourth-order valence-electron chi connectivity index (χ4n) is 2.21. The summed E-state index contributed by atoms with van der Waals surface area (Å²) >= 11 is 0. The van der Waals surface area contributed by atoms with Gasteiger partial charge in [0.25, 0.3) is 0 Å². The average molecular weight is 297 g/mol. The third-order valence-corrected chi connectivity index (χ3v) is 5.44. The molecule has 1 heterocycles. The summed E-state index contributed by atoms with van der Waals surface area (Å²) in [7, 11) is -3.41. The van der Waals surface area contributed by atoms with E-state index in [2.05, 4.69) is 6.92 Å². The highest BCUT2D eigenvalue weighted by Gasteiger charge is 2.27. The molecule has 1 aliphatic heterocycles. The molecule has 20 heavy (non-hydrogen) atoms. The lowest BCUT2D eigenvalue weighted by molar-refractivity contribution is -0.109. The topological polar surface area (TPSA) is 63.7 Å². The van der Waals surface area contributed by atoms with Crippen molar-refractivity contribution in [2.24, 2.45) is 5.92 Å². The molecule has 0 bridgehead atoms. The second-order valence-corrected chi connectivity index (χ2v) is 6.97. The molecule has 1 saturated heterocycles. The highest BCUT2D eigenvalue weighted by molar-refractivity contribution is 7.89. The molecule has 1 fully saturated rings. The Hall–Kier alpha value is -1.40. The Morgan fingerprint density at radius 1 is 1.25 bits per heavy atom. The van der Waals surface area contributed by atoms with E-state index in [1.54, 1.807) is 12.1 Å². The van der Waals surface area contributed by atoms with Gasteiger partial charge in [0.15, 0.2) is 6.29 Å². The van der Waals surface area contributed by atoms with Gasteiger partial charge in [-0.1, -0.05) is 6.92 Å². The van der Waals surface area contributed by atoms with Gasteiger partial charge in [-0.2, -0.15) is 4.31 Å². The van der Waals surface area contributed by atoms with Gasteiger partial charge in [-0.05, 0) is 43.0 Å². The summed E-state index contributed by atoms with van der Waals surface area (Å²) in [5, 5.41) is 0. The van der Waals surface area contributed by atoms with Gasteiger partial charge >= 0.3 is 0 Å². The van der Waals surface area contributed by atoms with Gasteiger partial charge in [0.1, 0.15) is 12.4 Å². The quantitative estimate of drug-likeness (QED) is 0.776. The van der Waals surface area contributed by atoms with Crippen LogP contribution in [-0.2, 0) is 14.8 Å². The van der Waals surface area contributed by atoms with Crippen LogP contribution in [0.5, 0.6) is 5.75 Å². The minimum atomic E-state index is -3.41. The number of carbonyl (C=O) groups excluding carboxylic acids is 1. The number of sulfonamides is 1. The molecule has 0 aliphatic carbocycles. The summed E-state index contributed by atoms with van der Waals surface area (Å²) in [4.78, 5) is 10.5. The summed E-state index contributed by atoms with van der Waals surface area (Å²) in [6, 6.07) is 6.19. The van der Waals surface area contributed by atoms with Crippen LogP contribution in [0.2, 0.25) is 0 Å². The van der Waals surface area contributed by atoms with Crippen molar-refractivity contribution in [2.75, 3.05) is 19.7 Å². The van der Waals surface area contributed by atoms with E-state index in [-0.39, 0.29) is 11.5 Å². The normalized spacial score (nSPS) is 17.9. The summed E-state index contributed by atoms with van der Waals surface area (Å²) in [6.45, 7) is 3.26. The molecule has 0 radical (unpaired) electrons. The monoisotopic (exact) mass is 297 g/mol. The lowest BCUT2D eigenvalue weighted by Gasteiger charge is -2.29. The number of carbonyl (C=O) groups is 1. The van der Waals surface area contributed by atoms with E-state index in [9.17, 15) is 13.2 Å². The highest BCUT2D eigenvalue weighted by Crippen LogP contribution is 2.24.